The van der Waals surface area contributed by atoms with Crippen LogP contribution in [0.2, 0.25) is 0 Å². The summed E-state index contributed by atoms with van der Waals surface area (Å²) in [6.45, 7) is 4.83. The Morgan fingerprint density at radius 2 is 2.00 bits per heavy atom. The zero-order valence-corrected chi connectivity index (χ0v) is 13.0. The summed E-state index contributed by atoms with van der Waals surface area (Å²) in [7, 11) is 0. The number of anilines is 1. The molecule has 1 aromatic carbocycles. The van der Waals surface area contributed by atoms with Gasteiger partial charge in [-0.2, -0.15) is 5.26 Å². The fourth-order valence-corrected chi connectivity index (χ4v) is 2.04. The second kappa shape index (κ2) is 6.79. The molecule has 1 atom stereocenters. The Balaban J connectivity index is 2.04. The van der Waals surface area contributed by atoms with E-state index in [1.807, 2.05) is 6.07 Å². The smallest absolute Gasteiger partial charge is 0.342 e. The molecule has 1 heterocycles. The average Bonchev–Trinajstić information content (AvgIpc) is 2.86. The minimum Gasteiger partial charge on any atom is -0.466 e. The molecule has 118 valence electrons. The predicted octanol–water partition coefficient (Wildman–Crippen LogP) is 2.95. The molecule has 0 aliphatic heterocycles. The molecule has 2 aromatic rings. The molecule has 0 aliphatic rings. The molecule has 1 amide bonds. The van der Waals surface area contributed by atoms with Gasteiger partial charge < -0.3 is 14.5 Å². The van der Waals surface area contributed by atoms with Crippen molar-refractivity contribution in [3.05, 3.63) is 53.0 Å². The van der Waals surface area contributed by atoms with Crippen molar-refractivity contribution in [1.82, 2.24) is 0 Å². The summed E-state index contributed by atoms with van der Waals surface area (Å²) < 4.78 is 10.4. The van der Waals surface area contributed by atoms with Crippen LogP contribution in [0.25, 0.3) is 0 Å². The van der Waals surface area contributed by atoms with Crippen LogP contribution in [0, 0.1) is 25.2 Å². The number of esters is 1. The quantitative estimate of drug-likeness (QED) is 0.876. The third-order valence-corrected chi connectivity index (χ3v) is 3.22. The Bertz CT molecular complexity index is 786. The number of nitriles is 1. The van der Waals surface area contributed by atoms with E-state index in [4.69, 9.17) is 14.4 Å². The summed E-state index contributed by atoms with van der Waals surface area (Å²) in [6.07, 6.45) is -1.01. The number of benzene rings is 1. The number of amides is 1. The lowest BCUT2D eigenvalue weighted by Crippen LogP contribution is -2.30. The van der Waals surface area contributed by atoms with Crippen molar-refractivity contribution in [2.75, 3.05) is 5.32 Å². The summed E-state index contributed by atoms with van der Waals surface area (Å²) in [6, 6.07) is 10.1. The number of nitrogens with zero attached hydrogens (tertiary/aromatic N) is 1. The fourth-order valence-electron chi connectivity index (χ4n) is 2.04. The van der Waals surface area contributed by atoms with Gasteiger partial charge in [0.15, 0.2) is 6.10 Å². The first-order valence-corrected chi connectivity index (χ1v) is 7.00. The molecular weight excluding hydrogens is 296 g/mol. The van der Waals surface area contributed by atoms with Crippen LogP contribution in [0.15, 0.2) is 34.7 Å². The molecule has 0 saturated carbocycles. The topological polar surface area (TPSA) is 92.3 Å². The van der Waals surface area contributed by atoms with Gasteiger partial charge >= 0.3 is 5.97 Å². The minimum atomic E-state index is -1.01. The maximum atomic E-state index is 12.1. The minimum absolute atomic E-state index is 0.291. The van der Waals surface area contributed by atoms with Crippen molar-refractivity contribution < 1.29 is 18.7 Å². The molecule has 0 spiro atoms. The van der Waals surface area contributed by atoms with E-state index in [2.05, 4.69) is 5.32 Å². The molecule has 2 rings (SSSR count). The first kappa shape index (κ1) is 16.3. The molecule has 0 radical (unpaired) electrons. The largest absolute Gasteiger partial charge is 0.466 e. The zero-order chi connectivity index (χ0) is 17.0. The van der Waals surface area contributed by atoms with E-state index in [-0.39, 0.29) is 0 Å². The van der Waals surface area contributed by atoms with Gasteiger partial charge in [0.2, 0.25) is 0 Å². The Morgan fingerprint density at radius 1 is 1.30 bits per heavy atom. The Labute approximate surface area is 133 Å². The summed E-state index contributed by atoms with van der Waals surface area (Å²) in [5.74, 6) is -0.112. The summed E-state index contributed by atoms with van der Waals surface area (Å²) in [5, 5.41) is 11.6. The van der Waals surface area contributed by atoms with Crippen molar-refractivity contribution in [1.29, 1.82) is 5.26 Å². The number of nitrogens with one attached hydrogen (secondary N) is 1. The summed E-state index contributed by atoms with van der Waals surface area (Å²) in [5.41, 5.74) is 0.999. The zero-order valence-electron chi connectivity index (χ0n) is 13.0. The number of para-hydroxylation sites is 1. The van der Waals surface area contributed by atoms with Crippen LogP contribution in [0.1, 0.15) is 34.4 Å². The number of rotatable bonds is 4. The molecular formula is C17H16N2O4. The SMILES string of the molecule is Cc1cc(C(=O)OC(C)C(=O)Nc2ccccc2C#N)c(C)o1. The van der Waals surface area contributed by atoms with E-state index in [9.17, 15) is 9.59 Å². The van der Waals surface area contributed by atoms with Crippen LogP contribution < -0.4 is 5.32 Å². The van der Waals surface area contributed by atoms with Gasteiger partial charge in [0.1, 0.15) is 23.2 Å². The highest BCUT2D eigenvalue weighted by Gasteiger charge is 2.22. The molecule has 0 saturated heterocycles. The van der Waals surface area contributed by atoms with Gasteiger partial charge in [0.05, 0.1) is 11.3 Å². The monoisotopic (exact) mass is 312 g/mol. The van der Waals surface area contributed by atoms with Gasteiger partial charge in [-0.1, -0.05) is 12.1 Å². The normalized spacial score (nSPS) is 11.4. The number of ether oxygens (including phenoxy) is 1. The lowest BCUT2D eigenvalue weighted by Gasteiger charge is -2.13. The number of hydrogen-bond donors (Lipinski definition) is 1. The molecule has 1 N–H and O–H groups in total. The lowest BCUT2D eigenvalue weighted by atomic mass is 10.2. The average molecular weight is 312 g/mol. The van der Waals surface area contributed by atoms with Crippen molar-refractivity contribution in [2.24, 2.45) is 0 Å². The molecule has 6 heteroatoms. The summed E-state index contributed by atoms with van der Waals surface area (Å²) >= 11 is 0. The third kappa shape index (κ3) is 3.77. The highest BCUT2D eigenvalue weighted by Crippen LogP contribution is 2.17. The van der Waals surface area contributed by atoms with Gasteiger partial charge in [0.25, 0.3) is 5.91 Å². The van der Waals surface area contributed by atoms with E-state index in [1.165, 1.54) is 6.92 Å². The molecule has 1 unspecified atom stereocenters. The van der Waals surface area contributed by atoms with Crippen LogP contribution in [0.5, 0.6) is 0 Å². The van der Waals surface area contributed by atoms with Gasteiger partial charge in [-0.3, -0.25) is 4.79 Å². The molecule has 6 nitrogen and oxygen atoms in total. The second-order valence-corrected chi connectivity index (χ2v) is 5.02. The Kier molecular flexibility index (Phi) is 4.82. The standard InChI is InChI=1S/C17H16N2O4/c1-10-8-14(11(2)22-10)17(21)23-12(3)16(20)19-15-7-5-4-6-13(15)9-18/h4-8,12H,1-3H3,(H,19,20). The van der Waals surface area contributed by atoms with E-state index in [1.54, 1.807) is 44.2 Å². The van der Waals surface area contributed by atoms with Gasteiger partial charge in [-0.25, -0.2) is 4.79 Å². The number of furan rings is 1. The van der Waals surface area contributed by atoms with E-state index in [0.29, 0.717) is 28.3 Å². The third-order valence-electron chi connectivity index (χ3n) is 3.22. The second-order valence-electron chi connectivity index (χ2n) is 5.02. The Morgan fingerprint density at radius 3 is 2.61 bits per heavy atom. The van der Waals surface area contributed by atoms with E-state index < -0.39 is 18.0 Å². The van der Waals surface area contributed by atoms with Crippen molar-refractivity contribution >= 4 is 17.6 Å². The molecule has 0 aliphatic carbocycles. The van der Waals surface area contributed by atoms with E-state index in [0.717, 1.165) is 0 Å². The van der Waals surface area contributed by atoms with Gasteiger partial charge in [-0.15, -0.1) is 0 Å². The molecule has 23 heavy (non-hydrogen) atoms. The molecule has 1 aromatic heterocycles. The van der Waals surface area contributed by atoms with Crippen LogP contribution in [0.3, 0.4) is 0 Å². The summed E-state index contributed by atoms with van der Waals surface area (Å²) in [4.78, 5) is 24.2. The maximum absolute atomic E-state index is 12.1. The van der Waals surface area contributed by atoms with E-state index >= 15 is 0 Å². The number of carbonyl (C=O) groups is 2. The number of carbonyl (C=O) groups excluding carboxylic acids is 2. The van der Waals surface area contributed by atoms with Crippen molar-refractivity contribution in [2.45, 2.75) is 26.9 Å². The van der Waals surface area contributed by atoms with Crippen LogP contribution >= 0.6 is 0 Å². The first-order valence-electron chi connectivity index (χ1n) is 7.00. The van der Waals surface area contributed by atoms with Crippen LogP contribution in [-0.2, 0) is 9.53 Å². The molecule has 0 fully saturated rings. The lowest BCUT2D eigenvalue weighted by molar-refractivity contribution is -0.123. The highest BCUT2D eigenvalue weighted by atomic mass is 16.5. The van der Waals surface area contributed by atoms with Crippen molar-refractivity contribution in [3.8, 4) is 6.07 Å². The highest BCUT2D eigenvalue weighted by molar-refractivity contribution is 5.98. The van der Waals surface area contributed by atoms with Crippen LogP contribution in [0.4, 0.5) is 5.69 Å². The van der Waals surface area contributed by atoms with Crippen LogP contribution in [-0.4, -0.2) is 18.0 Å². The number of hydrogen-bond acceptors (Lipinski definition) is 5. The Hall–Kier alpha value is -3.07. The maximum Gasteiger partial charge on any atom is 0.342 e. The van der Waals surface area contributed by atoms with Crippen molar-refractivity contribution in [3.63, 3.8) is 0 Å². The van der Waals surface area contributed by atoms with Gasteiger partial charge in [-0.05, 0) is 39.0 Å². The first-order chi connectivity index (χ1) is 10.9. The molecule has 0 bridgehead atoms. The van der Waals surface area contributed by atoms with Gasteiger partial charge in [0, 0.05) is 0 Å². The number of aryl methyl sites for hydroxylation is 2. The fraction of sp³-hybridized carbons (Fsp3) is 0.235. The predicted molar refractivity (Wildman–Crippen MR) is 82.8 cm³/mol.